The Kier molecular flexibility index (Phi) is 3.80. The Hall–Kier alpha value is -1.72. The van der Waals surface area contributed by atoms with Crippen molar-refractivity contribution in [3.63, 3.8) is 0 Å². The highest BCUT2D eigenvalue weighted by Gasteiger charge is 2.35. The molecule has 0 bridgehead atoms. The van der Waals surface area contributed by atoms with Crippen LogP contribution < -0.4 is 0 Å². The van der Waals surface area contributed by atoms with Crippen LogP contribution in [0.25, 0.3) is 0 Å². The van der Waals surface area contributed by atoms with E-state index in [0.29, 0.717) is 9.88 Å². The minimum Gasteiger partial charge on any atom is -0.285 e. The molecule has 1 aromatic heterocycles. The molecule has 0 unspecified atom stereocenters. The fourth-order valence-electron chi connectivity index (χ4n) is 2.19. The van der Waals surface area contributed by atoms with Gasteiger partial charge in [-0.25, -0.2) is 0 Å². The van der Waals surface area contributed by atoms with Crippen molar-refractivity contribution in [3.8, 4) is 0 Å². The number of carbonyl (C=O) groups is 1. The van der Waals surface area contributed by atoms with Crippen molar-refractivity contribution in [3.05, 3.63) is 66.0 Å². The standard InChI is InChI=1S/C15H12N2OS2/c18-14(12-7-4-8-16-9-12)17-13(10-20-15(17)19)11-5-2-1-3-6-11/h1-9,13H,10H2/t13-/m0/s1. The zero-order valence-electron chi connectivity index (χ0n) is 10.6. The normalized spacial score (nSPS) is 18.3. The summed E-state index contributed by atoms with van der Waals surface area (Å²) in [5.74, 6) is 0.719. The van der Waals surface area contributed by atoms with Gasteiger partial charge < -0.3 is 0 Å². The molecule has 1 fully saturated rings. The van der Waals surface area contributed by atoms with Gasteiger partial charge in [0.25, 0.3) is 5.91 Å². The van der Waals surface area contributed by atoms with E-state index in [1.54, 1.807) is 41.2 Å². The average Bonchev–Trinajstić information content (AvgIpc) is 2.90. The van der Waals surface area contributed by atoms with E-state index in [-0.39, 0.29) is 11.9 Å². The van der Waals surface area contributed by atoms with Crippen LogP contribution in [-0.4, -0.2) is 25.9 Å². The molecule has 1 atom stereocenters. The third kappa shape index (κ3) is 2.46. The maximum absolute atomic E-state index is 12.6. The molecule has 0 aliphatic carbocycles. The summed E-state index contributed by atoms with van der Waals surface area (Å²) in [4.78, 5) is 18.3. The molecule has 0 saturated carbocycles. The van der Waals surface area contributed by atoms with Crippen molar-refractivity contribution < 1.29 is 4.79 Å². The van der Waals surface area contributed by atoms with Crippen molar-refractivity contribution in [2.45, 2.75) is 6.04 Å². The van der Waals surface area contributed by atoms with Crippen LogP contribution in [0.3, 0.4) is 0 Å². The number of nitrogens with zero attached hydrogens (tertiary/aromatic N) is 2. The number of benzene rings is 1. The van der Waals surface area contributed by atoms with Crippen LogP contribution in [0.2, 0.25) is 0 Å². The lowest BCUT2D eigenvalue weighted by Gasteiger charge is -2.23. The molecular weight excluding hydrogens is 288 g/mol. The van der Waals surface area contributed by atoms with Crippen molar-refractivity contribution in [2.24, 2.45) is 0 Å². The van der Waals surface area contributed by atoms with Gasteiger partial charge in [-0.1, -0.05) is 54.3 Å². The summed E-state index contributed by atoms with van der Waals surface area (Å²) in [6, 6.07) is 13.5. The fraction of sp³-hybridized carbons (Fsp3) is 0.133. The molecule has 0 radical (unpaired) electrons. The van der Waals surface area contributed by atoms with Crippen molar-refractivity contribution >= 4 is 34.2 Å². The predicted octanol–water partition coefficient (Wildman–Crippen LogP) is 3.30. The van der Waals surface area contributed by atoms with Crippen LogP contribution in [0, 0.1) is 0 Å². The maximum atomic E-state index is 12.6. The van der Waals surface area contributed by atoms with E-state index in [0.717, 1.165) is 11.3 Å². The first kappa shape index (κ1) is 13.3. The number of thiocarbonyl (C=S) groups is 1. The molecule has 2 aromatic rings. The second-order valence-corrected chi connectivity index (χ2v) is 6.07. The third-order valence-electron chi connectivity index (χ3n) is 3.18. The summed E-state index contributed by atoms with van der Waals surface area (Å²) < 4.78 is 0.632. The second kappa shape index (κ2) is 5.73. The Bertz CT molecular complexity index is 631. The summed E-state index contributed by atoms with van der Waals surface area (Å²) in [6.45, 7) is 0. The molecule has 0 N–H and O–H groups in total. The van der Waals surface area contributed by atoms with Gasteiger partial charge in [0.2, 0.25) is 0 Å². The molecule has 1 aliphatic heterocycles. The van der Waals surface area contributed by atoms with Crippen molar-refractivity contribution in [1.29, 1.82) is 0 Å². The highest BCUT2D eigenvalue weighted by atomic mass is 32.2. The van der Waals surface area contributed by atoms with Gasteiger partial charge in [-0.05, 0) is 17.7 Å². The summed E-state index contributed by atoms with van der Waals surface area (Å²) in [7, 11) is 0. The van der Waals surface area contributed by atoms with E-state index < -0.39 is 0 Å². The van der Waals surface area contributed by atoms with E-state index in [1.165, 1.54) is 0 Å². The lowest BCUT2D eigenvalue weighted by molar-refractivity contribution is 0.0823. The Morgan fingerprint density at radius 2 is 2.05 bits per heavy atom. The van der Waals surface area contributed by atoms with Crippen LogP contribution in [-0.2, 0) is 0 Å². The van der Waals surface area contributed by atoms with Gasteiger partial charge >= 0.3 is 0 Å². The summed E-state index contributed by atoms with van der Waals surface area (Å²) in [6.07, 6.45) is 3.23. The third-order valence-corrected chi connectivity index (χ3v) is 4.66. The van der Waals surface area contributed by atoms with Crippen LogP contribution >= 0.6 is 24.0 Å². The highest BCUT2D eigenvalue weighted by Crippen LogP contribution is 2.36. The molecule has 1 aliphatic rings. The second-order valence-electron chi connectivity index (χ2n) is 4.42. The number of thioether (sulfide) groups is 1. The lowest BCUT2D eigenvalue weighted by Crippen LogP contribution is -2.33. The van der Waals surface area contributed by atoms with Crippen LogP contribution in [0.1, 0.15) is 22.0 Å². The zero-order chi connectivity index (χ0) is 13.9. The van der Waals surface area contributed by atoms with Gasteiger partial charge in [0.05, 0.1) is 11.6 Å². The molecule has 20 heavy (non-hydrogen) atoms. The number of carbonyl (C=O) groups excluding carboxylic acids is 1. The van der Waals surface area contributed by atoms with Gasteiger partial charge in [-0.3, -0.25) is 14.7 Å². The number of aromatic nitrogens is 1. The quantitative estimate of drug-likeness (QED) is 0.797. The Labute approximate surface area is 127 Å². The Morgan fingerprint density at radius 1 is 1.25 bits per heavy atom. The fourth-order valence-corrected chi connectivity index (χ4v) is 3.60. The molecule has 3 rings (SSSR count). The largest absolute Gasteiger partial charge is 0.285 e. The van der Waals surface area contributed by atoms with Gasteiger partial charge in [-0.2, -0.15) is 0 Å². The van der Waals surface area contributed by atoms with Crippen LogP contribution in [0.4, 0.5) is 0 Å². The SMILES string of the molecule is O=C(c1cccnc1)N1C(=S)SC[C@H]1c1ccccc1. The van der Waals surface area contributed by atoms with E-state index >= 15 is 0 Å². The molecule has 1 aromatic carbocycles. The first-order chi connectivity index (χ1) is 9.77. The van der Waals surface area contributed by atoms with Crippen molar-refractivity contribution in [2.75, 3.05) is 5.75 Å². The molecule has 1 saturated heterocycles. The topological polar surface area (TPSA) is 33.2 Å². The Balaban J connectivity index is 1.94. The van der Waals surface area contributed by atoms with E-state index in [9.17, 15) is 4.79 Å². The van der Waals surface area contributed by atoms with Crippen LogP contribution in [0.15, 0.2) is 54.9 Å². The van der Waals surface area contributed by atoms with Crippen molar-refractivity contribution in [1.82, 2.24) is 9.88 Å². The molecule has 100 valence electrons. The molecular formula is C15H12N2OS2. The van der Waals surface area contributed by atoms with E-state index in [1.807, 2.05) is 30.3 Å². The lowest BCUT2D eigenvalue weighted by atomic mass is 10.1. The predicted molar refractivity (Wildman–Crippen MR) is 84.6 cm³/mol. The average molecular weight is 300 g/mol. The van der Waals surface area contributed by atoms with E-state index in [4.69, 9.17) is 12.2 Å². The number of rotatable bonds is 2. The molecule has 5 heteroatoms. The summed E-state index contributed by atoms with van der Waals surface area (Å²) >= 11 is 6.89. The maximum Gasteiger partial charge on any atom is 0.261 e. The van der Waals surface area contributed by atoms with Gasteiger partial charge in [0.1, 0.15) is 4.32 Å². The van der Waals surface area contributed by atoms with Crippen LogP contribution in [0.5, 0.6) is 0 Å². The zero-order valence-corrected chi connectivity index (χ0v) is 12.2. The van der Waals surface area contributed by atoms with Gasteiger partial charge in [-0.15, -0.1) is 0 Å². The number of pyridine rings is 1. The first-order valence-corrected chi connectivity index (χ1v) is 7.62. The number of hydrogen-bond donors (Lipinski definition) is 0. The smallest absolute Gasteiger partial charge is 0.261 e. The molecule has 0 spiro atoms. The summed E-state index contributed by atoms with van der Waals surface area (Å²) in [5, 5.41) is 0. The minimum absolute atomic E-state index is 0.00130. The number of hydrogen-bond acceptors (Lipinski definition) is 4. The van der Waals surface area contributed by atoms with E-state index in [2.05, 4.69) is 4.98 Å². The highest BCUT2D eigenvalue weighted by molar-refractivity contribution is 8.23. The Morgan fingerprint density at radius 3 is 2.75 bits per heavy atom. The minimum atomic E-state index is -0.0815. The molecule has 3 nitrogen and oxygen atoms in total. The molecule has 2 heterocycles. The summed E-state index contributed by atoms with van der Waals surface area (Å²) in [5.41, 5.74) is 1.68. The monoisotopic (exact) mass is 300 g/mol. The molecule has 1 amide bonds. The van der Waals surface area contributed by atoms with Gasteiger partial charge in [0, 0.05) is 18.1 Å². The van der Waals surface area contributed by atoms with Gasteiger partial charge in [0.15, 0.2) is 0 Å². The first-order valence-electron chi connectivity index (χ1n) is 6.22. The number of amides is 1.